The summed E-state index contributed by atoms with van der Waals surface area (Å²) in [7, 11) is 0. The molecule has 0 bridgehead atoms. The molecule has 0 radical (unpaired) electrons. The maximum Gasteiger partial charge on any atom is 0.167 e. The van der Waals surface area contributed by atoms with Crippen LogP contribution in [0.4, 0.5) is 0 Å². The average Bonchev–Trinajstić information content (AvgIpc) is 3.42. The number of benzene rings is 5. The number of para-hydroxylation sites is 1. The minimum Gasteiger partial charge on any atom is -0.455 e. The van der Waals surface area contributed by atoms with Gasteiger partial charge < -0.3 is 4.42 Å². The molecule has 5 aromatic carbocycles. The lowest BCUT2D eigenvalue weighted by Crippen LogP contribution is -2.00. The third-order valence-corrected chi connectivity index (χ3v) is 6.24. The summed E-state index contributed by atoms with van der Waals surface area (Å²) in [6.07, 6.45) is 0. The molecule has 4 nitrogen and oxygen atoms in total. The van der Waals surface area contributed by atoms with Crippen LogP contribution >= 0.6 is 0 Å². The summed E-state index contributed by atoms with van der Waals surface area (Å²) in [5.74, 6) is 0.552. The van der Waals surface area contributed by atoms with Gasteiger partial charge in [0.15, 0.2) is 17.5 Å². The van der Waals surface area contributed by atoms with E-state index < -0.39 is 18.1 Å². The number of furan rings is 1. The molecule has 0 aliphatic heterocycles. The minimum atomic E-state index is -0.478. The number of nitrogens with zero attached hydrogens (tertiary/aromatic N) is 3. The Labute approximate surface area is 221 Å². The second kappa shape index (κ2) is 8.85. The Kier molecular flexibility index (Phi) is 3.96. The molecule has 0 N–H and O–H groups in total. The summed E-state index contributed by atoms with van der Waals surface area (Å²) in [4.78, 5) is 14.0. The Hall–Kier alpha value is -5.09. The molecule has 0 aliphatic carbocycles. The molecule has 0 saturated carbocycles. The second-order valence-corrected chi connectivity index (χ2v) is 8.53. The Bertz CT molecular complexity index is 2120. The molecular formula is C33H21N3O. The van der Waals surface area contributed by atoms with Gasteiger partial charge >= 0.3 is 0 Å². The highest BCUT2D eigenvalue weighted by molar-refractivity contribution is 6.10. The lowest BCUT2D eigenvalue weighted by Gasteiger charge is -2.08. The number of hydrogen-bond donors (Lipinski definition) is 0. The molecule has 0 atom stereocenters. The fraction of sp³-hybridized carbons (Fsp3) is 0. The van der Waals surface area contributed by atoms with Gasteiger partial charge in [0, 0.05) is 21.9 Å². The number of rotatable bonds is 4. The van der Waals surface area contributed by atoms with Crippen LogP contribution < -0.4 is 0 Å². The van der Waals surface area contributed by atoms with Gasteiger partial charge in [0.1, 0.15) is 11.2 Å². The van der Waals surface area contributed by atoms with Crippen LogP contribution in [0.15, 0.2) is 132 Å². The van der Waals surface area contributed by atoms with Crippen LogP contribution in [0.1, 0.15) is 6.85 Å². The van der Waals surface area contributed by atoms with E-state index in [1.807, 2.05) is 78.9 Å². The summed E-state index contributed by atoms with van der Waals surface area (Å²) < 4.78 is 47.8. The van der Waals surface area contributed by atoms with Crippen molar-refractivity contribution in [2.24, 2.45) is 0 Å². The molecule has 37 heavy (non-hydrogen) atoms. The molecule has 0 spiro atoms. The Balaban J connectivity index is 1.48. The molecular weight excluding hydrogens is 454 g/mol. The SMILES string of the molecule is [2H]c1c([2H])c([2H])c(-c2nc(-c3ccccc3)nc(-c3cccc4c3oc3ccc(-c5ccccc5)cc34)n2)c([2H])c1[2H]. The second-order valence-electron chi connectivity index (χ2n) is 8.53. The van der Waals surface area contributed by atoms with Gasteiger partial charge in [-0.25, -0.2) is 15.0 Å². The van der Waals surface area contributed by atoms with E-state index in [0.717, 1.165) is 21.9 Å². The van der Waals surface area contributed by atoms with Gasteiger partial charge in [-0.1, -0.05) is 109 Å². The van der Waals surface area contributed by atoms with Crippen molar-refractivity contribution in [2.45, 2.75) is 0 Å². The van der Waals surface area contributed by atoms with E-state index in [0.29, 0.717) is 28.1 Å². The van der Waals surface area contributed by atoms with E-state index in [1.165, 1.54) is 0 Å². The van der Waals surface area contributed by atoms with Crippen molar-refractivity contribution in [3.8, 4) is 45.3 Å². The van der Waals surface area contributed by atoms with Crippen LogP contribution in [0.2, 0.25) is 0 Å². The van der Waals surface area contributed by atoms with Crippen molar-refractivity contribution in [1.82, 2.24) is 15.0 Å². The van der Waals surface area contributed by atoms with E-state index in [1.54, 1.807) is 0 Å². The van der Waals surface area contributed by atoms with Gasteiger partial charge in [0.05, 0.1) is 12.4 Å². The van der Waals surface area contributed by atoms with Crippen LogP contribution in [0.5, 0.6) is 0 Å². The first kappa shape index (κ1) is 16.6. The fourth-order valence-electron chi connectivity index (χ4n) is 4.47. The van der Waals surface area contributed by atoms with Crippen molar-refractivity contribution in [1.29, 1.82) is 0 Å². The predicted octanol–water partition coefficient (Wildman–Crippen LogP) is 8.44. The molecule has 0 amide bonds. The third-order valence-electron chi connectivity index (χ3n) is 6.24. The van der Waals surface area contributed by atoms with Gasteiger partial charge in [0.2, 0.25) is 0 Å². The van der Waals surface area contributed by atoms with Crippen molar-refractivity contribution < 1.29 is 11.3 Å². The zero-order chi connectivity index (χ0) is 29.0. The molecule has 0 fully saturated rings. The summed E-state index contributed by atoms with van der Waals surface area (Å²) in [6, 6.07) is 29.0. The summed E-state index contributed by atoms with van der Waals surface area (Å²) in [6.45, 7) is 0. The lowest BCUT2D eigenvalue weighted by atomic mass is 10.0. The smallest absolute Gasteiger partial charge is 0.167 e. The van der Waals surface area contributed by atoms with Gasteiger partial charge in [-0.05, 0) is 29.3 Å². The Morgan fingerprint density at radius 1 is 0.514 bits per heavy atom. The maximum atomic E-state index is 8.53. The summed E-state index contributed by atoms with van der Waals surface area (Å²) in [5.41, 5.74) is 4.64. The topological polar surface area (TPSA) is 51.8 Å². The molecule has 4 heteroatoms. The van der Waals surface area contributed by atoms with Crippen molar-refractivity contribution in [3.05, 3.63) is 127 Å². The molecule has 174 valence electrons. The van der Waals surface area contributed by atoms with Gasteiger partial charge in [-0.2, -0.15) is 0 Å². The summed E-state index contributed by atoms with van der Waals surface area (Å²) in [5, 5.41) is 1.82. The zero-order valence-corrected chi connectivity index (χ0v) is 19.5. The van der Waals surface area contributed by atoms with Crippen molar-refractivity contribution in [2.75, 3.05) is 0 Å². The van der Waals surface area contributed by atoms with E-state index >= 15 is 0 Å². The first-order valence-corrected chi connectivity index (χ1v) is 11.8. The highest BCUT2D eigenvalue weighted by Crippen LogP contribution is 2.37. The molecule has 7 rings (SSSR count). The molecule has 0 aliphatic rings. The van der Waals surface area contributed by atoms with E-state index in [9.17, 15) is 0 Å². The molecule has 2 aromatic heterocycles. The van der Waals surface area contributed by atoms with Crippen molar-refractivity contribution in [3.63, 3.8) is 0 Å². The maximum absolute atomic E-state index is 8.53. The first-order valence-electron chi connectivity index (χ1n) is 14.3. The lowest BCUT2D eigenvalue weighted by molar-refractivity contribution is 0.669. The first-order chi connectivity index (χ1) is 20.4. The summed E-state index contributed by atoms with van der Waals surface area (Å²) >= 11 is 0. The van der Waals surface area contributed by atoms with Crippen LogP contribution in [-0.2, 0) is 0 Å². The fourth-order valence-corrected chi connectivity index (χ4v) is 4.47. The standard InChI is InChI=1S/C33H21N3O/c1-4-11-22(12-5-1)25-19-20-29-28(21-25)26-17-10-18-27(30(26)37-29)33-35-31(23-13-6-2-7-14-23)34-32(36-33)24-15-8-3-9-16-24/h1-21H/i2D,6D,7D,13D,14D. The monoisotopic (exact) mass is 480 g/mol. The van der Waals surface area contributed by atoms with Crippen LogP contribution in [0.3, 0.4) is 0 Å². The number of hydrogen-bond acceptors (Lipinski definition) is 4. The van der Waals surface area contributed by atoms with Crippen LogP contribution in [-0.4, -0.2) is 15.0 Å². The van der Waals surface area contributed by atoms with E-state index in [4.69, 9.17) is 16.3 Å². The molecule has 0 unspecified atom stereocenters. The van der Waals surface area contributed by atoms with Gasteiger partial charge in [0.25, 0.3) is 0 Å². The highest BCUT2D eigenvalue weighted by atomic mass is 16.3. The Morgan fingerprint density at radius 3 is 1.95 bits per heavy atom. The normalized spacial score (nSPS) is 13.1. The van der Waals surface area contributed by atoms with Crippen LogP contribution in [0.25, 0.3) is 67.2 Å². The predicted molar refractivity (Wildman–Crippen MR) is 149 cm³/mol. The van der Waals surface area contributed by atoms with Gasteiger partial charge in [-0.15, -0.1) is 0 Å². The van der Waals surface area contributed by atoms with Gasteiger partial charge in [-0.3, -0.25) is 0 Å². The van der Waals surface area contributed by atoms with Crippen molar-refractivity contribution >= 4 is 21.9 Å². The third kappa shape index (κ3) is 3.85. The highest BCUT2D eigenvalue weighted by Gasteiger charge is 2.17. The molecule has 7 aromatic rings. The number of aromatic nitrogens is 3. The van der Waals surface area contributed by atoms with E-state index in [2.05, 4.69) is 28.2 Å². The number of fused-ring (bicyclic) bond motifs is 3. The van der Waals surface area contributed by atoms with E-state index in [-0.39, 0.29) is 29.3 Å². The Morgan fingerprint density at radius 2 is 1.19 bits per heavy atom. The molecule has 2 heterocycles. The molecule has 0 saturated heterocycles. The average molecular weight is 481 g/mol. The zero-order valence-electron chi connectivity index (χ0n) is 24.5. The van der Waals surface area contributed by atoms with Crippen LogP contribution in [0, 0.1) is 0 Å². The quantitative estimate of drug-likeness (QED) is 0.254. The largest absolute Gasteiger partial charge is 0.455 e. The minimum absolute atomic E-state index is 0.0182.